The van der Waals surface area contributed by atoms with Gasteiger partial charge in [0.15, 0.2) is 0 Å². The molecule has 4 heteroatoms. The highest BCUT2D eigenvalue weighted by molar-refractivity contribution is 14.1. The molecule has 88 valence electrons. The lowest BCUT2D eigenvalue weighted by atomic mass is 10.0. The largest absolute Gasteiger partial charge is 0.268 e. The highest BCUT2D eigenvalue weighted by Gasteiger charge is 2.06. The first kappa shape index (κ1) is 12.3. The summed E-state index contributed by atoms with van der Waals surface area (Å²) in [6.07, 6.45) is 0. The molecule has 1 heterocycles. The first-order valence-corrected chi connectivity index (χ1v) is 6.38. The Morgan fingerprint density at radius 2 is 1.76 bits per heavy atom. The van der Waals surface area contributed by atoms with Gasteiger partial charge in [0, 0.05) is 22.2 Å². The average Bonchev–Trinajstić information content (AvgIpc) is 2.29. The van der Waals surface area contributed by atoms with Crippen LogP contribution in [0.5, 0.6) is 0 Å². The van der Waals surface area contributed by atoms with Crippen molar-refractivity contribution in [3.63, 3.8) is 0 Å². The molecule has 0 aliphatic heterocycles. The summed E-state index contributed by atoms with van der Waals surface area (Å²) in [7, 11) is 1.66. The van der Waals surface area contributed by atoms with Crippen molar-refractivity contribution < 1.29 is 0 Å². The lowest BCUT2D eigenvalue weighted by molar-refractivity contribution is 0.712. The Labute approximate surface area is 114 Å². The van der Waals surface area contributed by atoms with E-state index in [9.17, 15) is 4.79 Å². The van der Waals surface area contributed by atoms with E-state index < -0.39 is 0 Å². The van der Waals surface area contributed by atoms with Crippen molar-refractivity contribution in [1.29, 1.82) is 0 Å². The van der Waals surface area contributed by atoms with Gasteiger partial charge in [-0.3, -0.25) is 4.79 Å². The maximum absolute atomic E-state index is 11.3. The molecule has 0 aliphatic rings. The molecule has 2 aromatic rings. The Bertz CT molecular complexity index is 609. The third-order valence-electron chi connectivity index (χ3n) is 2.69. The smallest absolute Gasteiger partial charge is 0.266 e. The molecule has 0 radical (unpaired) electrons. The maximum atomic E-state index is 11.3. The van der Waals surface area contributed by atoms with Gasteiger partial charge in [-0.2, -0.15) is 5.10 Å². The van der Waals surface area contributed by atoms with Crippen LogP contribution in [0.4, 0.5) is 0 Å². The van der Waals surface area contributed by atoms with Gasteiger partial charge < -0.3 is 0 Å². The molecule has 0 saturated heterocycles. The van der Waals surface area contributed by atoms with Gasteiger partial charge in [0.05, 0.1) is 5.69 Å². The van der Waals surface area contributed by atoms with Gasteiger partial charge in [0.1, 0.15) is 0 Å². The first-order chi connectivity index (χ1) is 7.99. The zero-order valence-corrected chi connectivity index (χ0v) is 12.1. The quantitative estimate of drug-likeness (QED) is 0.748. The van der Waals surface area contributed by atoms with Crippen molar-refractivity contribution in [2.45, 2.75) is 13.8 Å². The predicted molar refractivity (Wildman–Crippen MR) is 77.1 cm³/mol. The van der Waals surface area contributed by atoms with Crippen molar-refractivity contribution in [3.8, 4) is 11.3 Å². The lowest BCUT2D eigenvalue weighted by Gasteiger charge is -2.08. The van der Waals surface area contributed by atoms with Crippen LogP contribution in [-0.2, 0) is 7.05 Å². The number of benzene rings is 1. The molecule has 0 atom stereocenters. The van der Waals surface area contributed by atoms with Crippen LogP contribution in [0.3, 0.4) is 0 Å². The zero-order valence-electron chi connectivity index (χ0n) is 9.99. The van der Waals surface area contributed by atoms with Crippen molar-refractivity contribution in [3.05, 3.63) is 49.3 Å². The number of halogens is 1. The molecule has 0 fully saturated rings. The molecule has 0 amide bonds. The molecular formula is C13H13IN2O. The summed E-state index contributed by atoms with van der Waals surface area (Å²) in [5, 5.41) is 4.26. The molecule has 1 aromatic heterocycles. The van der Waals surface area contributed by atoms with E-state index in [4.69, 9.17) is 0 Å². The number of nitrogens with zero attached hydrogens (tertiary/aromatic N) is 2. The standard InChI is InChI=1S/C13H13IN2O/c1-8-6-10(7-9(2)13(8)14)11-4-5-12(17)16(3)15-11/h4-7H,1-3H3. The third-order valence-corrected chi connectivity index (χ3v) is 4.39. The van der Waals surface area contributed by atoms with E-state index in [1.807, 2.05) is 0 Å². The van der Waals surface area contributed by atoms with Crippen LogP contribution in [0.1, 0.15) is 11.1 Å². The second-order valence-corrected chi connectivity index (χ2v) is 5.18. The van der Waals surface area contributed by atoms with Gasteiger partial charge in [-0.1, -0.05) is 0 Å². The number of aryl methyl sites for hydroxylation is 3. The van der Waals surface area contributed by atoms with Crippen LogP contribution in [0.2, 0.25) is 0 Å². The van der Waals surface area contributed by atoms with Crippen LogP contribution in [-0.4, -0.2) is 9.78 Å². The topological polar surface area (TPSA) is 34.9 Å². The van der Waals surface area contributed by atoms with Gasteiger partial charge >= 0.3 is 0 Å². The Morgan fingerprint density at radius 1 is 1.18 bits per heavy atom. The molecule has 0 saturated carbocycles. The van der Waals surface area contributed by atoms with E-state index in [0.29, 0.717) is 0 Å². The third kappa shape index (κ3) is 2.41. The maximum Gasteiger partial charge on any atom is 0.266 e. The molecule has 0 unspecified atom stereocenters. The predicted octanol–water partition coefficient (Wildman–Crippen LogP) is 2.67. The minimum atomic E-state index is -0.0901. The fourth-order valence-corrected chi connectivity index (χ4v) is 2.06. The van der Waals surface area contributed by atoms with E-state index >= 15 is 0 Å². The van der Waals surface area contributed by atoms with E-state index in [1.54, 1.807) is 19.2 Å². The van der Waals surface area contributed by atoms with Crippen molar-refractivity contribution >= 4 is 22.6 Å². The highest BCUT2D eigenvalue weighted by atomic mass is 127. The van der Waals surface area contributed by atoms with E-state index in [0.717, 1.165) is 11.3 Å². The van der Waals surface area contributed by atoms with Gasteiger partial charge in [-0.25, -0.2) is 4.68 Å². The van der Waals surface area contributed by atoms with Crippen LogP contribution >= 0.6 is 22.6 Å². The number of hydrogen-bond donors (Lipinski definition) is 0. The molecular weight excluding hydrogens is 327 g/mol. The second kappa shape index (κ2) is 4.60. The highest BCUT2D eigenvalue weighted by Crippen LogP contribution is 2.24. The van der Waals surface area contributed by atoms with Crippen LogP contribution < -0.4 is 5.56 Å². The average molecular weight is 340 g/mol. The summed E-state index contributed by atoms with van der Waals surface area (Å²) >= 11 is 2.34. The molecule has 0 aliphatic carbocycles. The van der Waals surface area contributed by atoms with Gasteiger partial charge in [-0.05, 0) is 65.8 Å². The van der Waals surface area contributed by atoms with Crippen LogP contribution in [0.25, 0.3) is 11.3 Å². The van der Waals surface area contributed by atoms with Gasteiger partial charge in [0.2, 0.25) is 0 Å². The minimum Gasteiger partial charge on any atom is -0.268 e. The second-order valence-electron chi connectivity index (χ2n) is 4.10. The van der Waals surface area contributed by atoms with E-state index in [2.05, 4.69) is 53.7 Å². The summed E-state index contributed by atoms with van der Waals surface area (Å²) in [6, 6.07) is 7.51. The molecule has 1 aromatic carbocycles. The Balaban J connectivity index is 2.61. The molecule has 3 nitrogen and oxygen atoms in total. The van der Waals surface area contributed by atoms with Gasteiger partial charge in [0.25, 0.3) is 5.56 Å². The summed E-state index contributed by atoms with van der Waals surface area (Å²) < 4.78 is 2.63. The summed E-state index contributed by atoms with van der Waals surface area (Å²) in [6.45, 7) is 4.17. The molecule has 17 heavy (non-hydrogen) atoms. The fourth-order valence-electron chi connectivity index (χ4n) is 1.75. The van der Waals surface area contributed by atoms with Crippen molar-refractivity contribution in [1.82, 2.24) is 9.78 Å². The normalized spacial score (nSPS) is 10.6. The number of hydrogen-bond acceptors (Lipinski definition) is 2. The summed E-state index contributed by atoms with van der Waals surface area (Å²) in [5.41, 5.74) is 4.26. The zero-order chi connectivity index (χ0) is 12.6. The Hall–Kier alpha value is -1.17. The fraction of sp³-hybridized carbons (Fsp3) is 0.231. The number of rotatable bonds is 1. The van der Waals surface area contributed by atoms with Crippen molar-refractivity contribution in [2.75, 3.05) is 0 Å². The monoisotopic (exact) mass is 340 g/mol. The van der Waals surface area contributed by atoms with E-state index in [-0.39, 0.29) is 5.56 Å². The van der Waals surface area contributed by atoms with Crippen LogP contribution in [0.15, 0.2) is 29.1 Å². The summed E-state index contributed by atoms with van der Waals surface area (Å²) in [5.74, 6) is 0. The summed E-state index contributed by atoms with van der Waals surface area (Å²) in [4.78, 5) is 11.3. The molecule has 0 bridgehead atoms. The molecule has 2 rings (SSSR count). The van der Waals surface area contributed by atoms with Gasteiger partial charge in [-0.15, -0.1) is 0 Å². The number of aromatic nitrogens is 2. The Morgan fingerprint density at radius 3 is 2.29 bits per heavy atom. The minimum absolute atomic E-state index is 0.0901. The molecule has 0 N–H and O–H groups in total. The van der Waals surface area contributed by atoms with Crippen LogP contribution in [0, 0.1) is 17.4 Å². The van der Waals surface area contributed by atoms with Crippen molar-refractivity contribution in [2.24, 2.45) is 7.05 Å². The SMILES string of the molecule is Cc1cc(-c2ccc(=O)n(C)n2)cc(C)c1I. The Kier molecular flexibility index (Phi) is 3.33. The molecule has 0 spiro atoms. The first-order valence-electron chi connectivity index (χ1n) is 5.30. The lowest BCUT2D eigenvalue weighted by Crippen LogP contribution is -2.18. The van der Waals surface area contributed by atoms with E-state index in [1.165, 1.54) is 19.4 Å².